The standard InChI is InChI=1S/C10H17F3O2/c1-3-8(2)6-9(14)4-5-15-7-10(11,12)13/h9,14H,2-7H2,1H3. The van der Waals surface area contributed by atoms with Crippen molar-refractivity contribution in [2.24, 2.45) is 0 Å². The minimum atomic E-state index is -4.29. The molecule has 0 heterocycles. The average molecular weight is 226 g/mol. The van der Waals surface area contributed by atoms with Crippen LogP contribution in [0.2, 0.25) is 0 Å². The smallest absolute Gasteiger partial charge is 0.393 e. The molecule has 90 valence electrons. The summed E-state index contributed by atoms with van der Waals surface area (Å²) < 4.78 is 39.3. The molecule has 0 aromatic heterocycles. The molecular formula is C10H17F3O2. The molecule has 0 saturated heterocycles. The molecule has 15 heavy (non-hydrogen) atoms. The summed E-state index contributed by atoms with van der Waals surface area (Å²) in [5.74, 6) is 0. The van der Waals surface area contributed by atoms with Crippen molar-refractivity contribution >= 4 is 0 Å². The van der Waals surface area contributed by atoms with Crippen LogP contribution in [0.3, 0.4) is 0 Å². The summed E-state index contributed by atoms with van der Waals surface area (Å²) in [6, 6.07) is 0. The lowest BCUT2D eigenvalue weighted by atomic mass is 10.1. The molecule has 0 radical (unpaired) electrons. The van der Waals surface area contributed by atoms with E-state index in [4.69, 9.17) is 0 Å². The van der Waals surface area contributed by atoms with Crippen LogP contribution < -0.4 is 0 Å². The minimum Gasteiger partial charge on any atom is -0.393 e. The molecule has 0 aliphatic carbocycles. The van der Waals surface area contributed by atoms with E-state index in [9.17, 15) is 18.3 Å². The van der Waals surface area contributed by atoms with E-state index in [0.717, 1.165) is 12.0 Å². The highest BCUT2D eigenvalue weighted by molar-refractivity contribution is 4.94. The molecule has 0 rings (SSSR count). The van der Waals surface area contributed by atoms with E-state index < -0.39 is 18.9 Å². The van der Waals surface area contributed by atoms with Gasteiger partial charge in [0.2, 0.25) is 0 Å². The van der Waals surface area contributed by atoms with E-state index in [2.05, 4.69) is 11.3 Å². The van der Waals surface area contributed by atoms with Crippen LogP contribution in [0.15, 0.2) is 12.2 Å². The summed E-state index contributed by atoms with van der Waals surface area (Å²) in [5, 5.41) is 9.36. The summed E-state index contributed by atoms with van der Waals surface area (Å²) in [6.45, 7) is 4.27. The Labute approximate surface area is 87.7 Å². The Morgan fingerprint density at radius 3 is 2.53 bits per heavy atom. The van der Waals surface area contributed by atoms with E-state index in [1.807, 2.05) is 6.92 Å². The molecule has 0 amide bonds. The van der Waals surface area contributed by atoms with E-state index in [1.165, 1.54) is 0 Å². The van der Waals surface area contributed by atoms with Gasteiger partial charge in [0.15, 0.2) is 0 Å². The van der Waals surface area contributed by atoms with Gasteiger partial charge in [-0.05, 0) is 19.3 Å². The fraction of sp³-hybridized carbons (Fsp3) is 0.800. The zero-order chi connectivity index (χ0) is 11.9. The third-order valence-corrected chi connectivity index (χ3v) is 1.89. The van der Waals surface area contributed by atoms with Gasteiger partial charge in [0.25, 0.3) is 0 Å². The Bertz CT molecular complexity index is 190. The molecule has 1 atom stereocenters. The van der Waals surface area contributed by atoms with Crippen LogP contribution in [0.1, 0.15) is 26.2 Å². The lowest BCUT2D eigenvalue weighted by molar-refractivity contribution is -0.175. The highest BCUT2D eigenvalue weighted by Gasteiger charge is 2.27. The first-order chi connectivity index (χ1) is 6.85. The Hall–Kier alpha value is -0.550. The van der Waals surface area contributed by atoms with Crippen molar-refractivity contribution in [1.29, 1.82) is 0 Å². The van der Waals surface area contributed by atoms with Crippen LogP contribution in [-0.2, 0) is 4.74 Å². The minimum absolute atomic E-state index is 0.0856. The molecule has 0 bridgehead atoms. The van der Waals surface area contributed by atoms with Gasteiger partial charge in [-0.2, -0.15) is 13.2 Å². The molecule has 1 N–H and O–H groups in total. The molecule has 0 spiro atoms. The van der Waals surface area contributed by atoms with Crippen molar-refractivity contribution in [3.8, 4) is 0 Å². The van der Waals surface area contributed by atoms with Crippen molar-refractivity contribution in [1.82, 2.24) is 0 Å². The normalized spacial score (nSPS) is 13.9. The quantitative estimate of drug-likeness (QED) is 0.534. The average Bonchev–Trinajstić information content (AvgIpc) is 2.11. The first-order valence-corrected chi connectivity index (χ1v) is 4.84. The number of hydrogen-bond donors (Lipinski definition) is 1. The number of hydrogen-bond acceptors (Lipinski definition) is 2. The van der Waals surface area contributed by atoms with Crippen LogP contribution in [0.25, 0.3) is 0 Å². The van der Waals surface area contributed by atoms with Gasteiger partial charge >= 0.3 is 6.18 Å². The summed E-state index contributed by atoms with van der Waals surface area (Å²) in [7, 11) is 0. The lowest BCUT2D eigenvalue weighted by Gasteiger charge is -2.12. The van der Waals surface area contributed by atoms with Crippen LogP contribution in [0, 0.1) is 0 Å². The number of ether oxygens (including phenoxy) is 1. The van der Waals surface area contributed by atoms with Gasteiger partial charge in [0, 0.05) is 6.61 Å². The highest BCUT2D eigenvalue weighted by Crippen LogP contribution is 2.15. The Morgan fingerprint density at radius 2 is 2.07 bits per heavy atom. The molecule has 0 aliphatic heterocycles. The van der Waals surface area contributed by atoms with Crippen molar-refractivity contribution < 1.29 is 23.0 Å². The number of alkyl halides is 3. The van der Waals surface area contributed by atoms with Crippen molar-refractivity contribution in [2.75, 3.05) is 13.2 Å². The van der Waals surface area contributed by atoms with Gasteiger partial charge in [-0.15, -0.1) is 0 Å². The number of aliphatic hydroxyl groups is 1. The summed E-state index contributed by atoms with van der Waals surface area (Å²) in [4.78, 5) is 0. The maximum Gasteiger partial charge on any atom is 0.411 e. The monoisotopic (exact) mass is 226 g/mol. The van der Waals surface area contributed by atoms with Crippen LogP contribution in [-0.4, -0.2) is 30.6 Å². The molecule has 0 aliphatic rings. The fourth-order valence-corrected chi connectivity index (χ4v) is 0.987. The van der Waals surface area contributed by atoms with Crippen LogP contribution in [0.5, 0.6) is 0 Å². The second-order valence-electron chi connectivity index (χ2n) is 3.42. The first kappa shape index (κ1) is 14.5. The fourth-order valence-electron chi connectivity index (χ4n) is 0.987. The van der Waals surface area contributed by atoms with Gasteiger partial charge in [-0.1, -0.05) is 19.1 Å². The largest absolute Gasteiger partial charge is 0.411 e. The zero-order valence-electron chi connectivity index (χ0n) is 8.81. The SMILES string of the molecule is C=C(CC)CC(O)CCOCC(F)(F)F. The number of rotatable bonds is 7. The summed E-state index contributed by atoms with van der Waals surface area (Å²) in [5.41, 5.74) is 0.887. The first-order valence-electron chi connectivity index (χ1n) is 4.84. The summed E-state index contributed by atoms with van der Waals surface area (Å²) >= 11 is 0. The van der Waals surface area contributed by atoms with Crippen molar-refractivity contribution in [3.05, 3.63) is 12.2 Å². The van der Waals surface area contributed by atoms with E-state index in [1.54, 1.807) is 0 Å². The lowest BCUT2D eigenvalue weighted by Crippen LogP contribution is -2.19. The van der Waals surface area contributed by atoms with Crippen LogP contribution in [0.4, 0.5) is 13.2 Å². The second-order valence-corrected chi connectivity index (χ2v) is 3.42. The van der Waals surface area contributed by atoms with E-state index in [-0.39, 0.29) is 13.0 Å². The third kappa shape index (κ3) is 9.75. The number of aliphatic hydroxyl groups excluding tert-OH is 1. The maximum absolute atomic E-state index is 11.6. The van der Waals surface area contributed by atoms with E-state index >= 15 is 0 Å². The predicted molar refractivity (Wildman–Crippen MR) is 51.5 cm³/mol. The molecule has 0 aromatic carbocycles. The molecule has 5 heteroatoms. The van der Waals surface area contributed by atoms with Crippen molar-refractivity contribution in [2.45, 2.75) is 38.5 Å². The third-order valence-electron chi connectivity index (χ3n) is 1.89. The predicted octanol–water partition coefficient (Wildman–Crippen LogP) is 2.67. The molecule has 0 aromatic rings. The Kier molecular flexibility index (Phi) is 6.60. The van der Waals surface area contributed by atoms with Gasteiger partial charge in [0.05, 0.1) is 6.10 Å². The topological polar surface area (TPSA) is 29.5 Å². The van der Waals surface area contributed by atoms with Gasteiger partial charge in [0.1, 0.15) is 6.61 Å². The molecule has 0 saturated carbocycles. The Morgan fingerprint density at radius 1 is 1.47 bits per heavy atom. The molecular weight excluding hydrogens is 209 g/mol. The second kappa shape index (κ2) is 6.85. The summed E-state index contributed by atoms with van der Waals surface area (Å²) in [6.07, 6.45) is -3.56. The van der Waals surface area contributed by atoms with Gasteiger partial charge in [-0.3, -0.25) is 0 Å². The highest BCUT2D eigenvalue weighted by atomic mass is 19.4. The number of halogens is 3. The van der Waals surface area contributed by atoms with Gasteiger partial charge in [-0.25, -0.2) is 0 Å². The Balaban J connectivity index is 3.47. The zero-order valence-corrected chi connectivity index (χ0v) is 8.81. The maximum atomic E-state index is 11.6. The van der Waals surface area contributed by atoms with E-state index in [0.29, 0.717) is 6.42 Å². The van der Waals surface area contributed by atoms with Gasteiger partial charge < -0.3 is 9.84 Å². The molecule has 2 nitrogen and oxygen atoms in total. The van der Waals surface area contributed by atoms with Crippen LogP contribution >= 0.6 is 0 Å². The molecule has 1 unspecified atom stereocenters. The van der Waals surface area contributed by atoms with Crippen molar-refractivity contribution in [3.63, 3.8) is 0 Å². The molecule has 0 fully saturated rings.